The number of aliphatic hydroxyl groups is 1. The Morgan fingerprint density at radius 1 is 1.23 bits per heavy atom. The number of H-pyrrole nitrogens is 1. The van der Waals surface area contributed by atoms with Gasteiger partial charge in [0.25, 0.3) is 5.91 Å². The van der Waals surface area contributed by atoms with Gasteiger partial charge in [-0.05, 0) is 24.1 Å². The van der Waals surface area contributed by atoms with Crippen LogP contribution in [0.25, 0.3) is 0 Å². The van der Waals surface area contributed by atoms with E-state index in [9.17, 15) is 9.90 Å². The van der Waals surface area contributed by atoms with E-state index in [-0.39, 0.29) is 5.91 Å². The molecule has 1 aromatic heterocycles. The molecule has 5 nitrogen and oxygen atoms in total. The number of hydrogen-bond acceptors (Lipinski definition) is 3. The molecule has 2 aromatic rings. The highest BCUT2D eigenvalue weighted by Crippen LogP contribution is 2.05. The number of amides is 1. The van der Waals surface area contributed by atoms with Gasteiger partial charge in [0.2, 0.25) is 0 Å². The van der Waals surface area contributed by atoms with Gasteiger partial charge in [-0.1, -0.05) is 30.3 Å². The number of benzene rings is 1. The number of nitrogens with one attached hydrogen (secondary N) is 2. The van der Waals surface area contributed by atoms with Crippen molar-refractivity contribution in [2.75, 3.05) is 20.6 Å². The van der Waals surface area contributed by atoms with Crippen LogP contribution in [0.5, 0.6) is 0 Å². The summed E-state index contributed by atoms with van der Waals surface area (Å²) in [5.74, 6) is -0.0460. The van der Waals surface area contributed by atoms with Crippen LogP contribution < -0.4 is 5.32 Å². The zero-order valence-corrected chi connectivity index (χ0v) is 13.0. The Hall–Kier alpha value is -2.11. The molecule has 5 heteroatoms. The van der Waals surface area contributed by atoms with E-state index in [4.69, 9.17) is 0 Å². The number of aliphatic hydroxyl groups excluding tert-OH is 1. The third-order valence-electron chi connectivity index (χ3n) is 3.39. The van der Waals surface area contributed by atoms with Crippen molar-refractivity contribution in [3.05, 3.63) is 59.4 Å². The topological polar surface area (TPSA) is 68.4 Å². The molecule has 0 saturated heterocycles. The highest BCUT2D eigenvalue weighted by atomic mass is 16.3. The number of carbonyl (C=O) groups excluding carboxylic acids is 1. The van der Waals surface area contributed by atoms with Crippen molar-refractivity contribution in [1.82, 2.24) is 15.2 Å². The average Bonchev–Trinajstić information content (AvgIpc) is 2.96. The van der Waals surface area contributed by atoms with Gasteiger partial charge in [-0.3, -0.25) is 4.79 Å². The number of hydrogen-bond donors (Lipinski definition) is 3. The number of aromatic nitrogens is 1. The van der Waals surface area contributed by atoms with Crippen LogP contribution in [0.2, 0.25) is 0 Å². The summed E-state index contributed by atoms with van der Waals surface area (Å²) in [7, 11) is 3.45. The summed E-state index contributed by atoms with van der Waals surface area (Å²) < 4.78 is 0. The molecule has 0 aliphatic heterocycles. The molecule has 1 atom stereocenters. The van der Waals surface area contributed by atoms with E-state index in [1.807, 2.05) is 36.4 Å². The van der Waals surface area contributed by atoms with E-state index in [1.165, 1.54) is 4.90 Å². The Bertz CT molecular complexity index is 593. The highest BCUT2D eigenvalue weighted by Gasteiger charge is 2.10. The second-order valence-corrected chi connectivity index (χ2v) is 5.57. The van der Waals surface area contributed by atoms with Crippen molar-refractivity contribution in [3.63, 3.8) is 0 Å². The third-order valence-corrected chi connectivity index (χ3v) is 3.39. The number of aromatic amines is 1. The van der Waals surface area contributed by atoms with Gasteiger partial charge in [-0.2, -0.15) is 0 Å². The van der Waals surface area contributed by atoms with E-state index < -0.39 is 6.10 Å². The summed E-state index contributed by atoms with van der Waals surface area (Å²) in [6, 6.07) is 13.6. The van der Waals surface area contributed by atoms with Crippen LogP contribution in [0.1, 0.15) is 21.7 Å². The van der Waals surface area contributed by atoms with Crippen LogP contribution in [0.4, 0.5) is 0 Å². The summed E-state index contributed by atoms with van der Waals surface area (Å²) in [6.07, 6.45) is 0.198. The van der Waals surface area contributed by atoms with Gasteiger partial charge in [0.1, 0.15) is 5.69 Å². The maximum absolute atomic E-state index is 11.8. The normalized spacial score (nSPS) is 12.1. The lowest BCUT2D eigenvalue weighted by molar-refractivity contribution is 0.0822. The number of rotatable bonds is 7. The first kappa shape index (κ1) is 16.3. The summed E-state index contributed by atoms with van der Waals surface area (Å²) in [5.41, 5.74) is 2.62. The maximum Gasteiger partial charge on any atom is 0.269 e. The van der Waals surface area contributed by atoms with Crippen molar-refractivity contribution in [1.29, 1.82) is 0 Å². The van der Waals surface area contributed by atoms with E-state index in [1.54, 1.807) is 20.2 Å². The van der Waals surface area contributed by atoms with Gasteiger partial charge in [0.15, 0.2) is 0 Å². The Morgan fingerprint density at radius 3 is 2.64 bits per heavy atom. The van der Waals surface area contributed by atoms with E-state index >= 15 is 0 Å². The van der Waals surface area contributed by atoms with Crippen LogP contribution in [0, 0.1) is 0 Å². The summed E-state index contributed by atoms with van der Waals surface area (Å²) in [4.78, 5) is 16.4. The van der Waals surface area contributed by atoms with Gasteiger partial charge >= 0.3 is 0 Å². The second-order valence-electron chi connectivity index (χ2n) is 5.57. The molecule has 0 aliphatic rings. The third kappa shape index (κ3) is 4.72. The van der Waals surface area contributed by atoms with Crippen molar-refractivity contribution < 1.29 is 9.90 Å². The average molecular weight is 301 g/mol. The fourth-order valence-electron chi connectivity index (χ4n) is 2.24. The molecule has 1 aromatic carbocycles. The van der Waals surface area contributed by atoms with E-state index in [2.05, 4.69) is 10.3 Å². The first-order valence-electron chi connectivity index (χ1n) is 7.38. The Morgan fingerprint density at radius 2 is 1.95 bits per heavy atom. The van der Waals surface area contributed by atoms with Crippen LogP contribution in [0.3, 0.4) is 0 Å². The molecule has 0 saturated carbocycles. The molecule has 0 radical (unpaired) electrons. The molecule has 0 aliphatic carbocycles. The zero-order valence-electron chi connectivity index (χ0n) is 13.0. The van der Waals surface area contributed by atoms with Crippen LogP contribution in [-0.2, 0) is 13.0 Å². The van der Waals surface area contributed by atoms with E-state index in [0.717, 1.165) is 11.3 Å². The largest absolute Gasteiger partial charge is 0.391 e. The summed E-state index contributed by atoms with van der Waals surface area (Å²) >= 11 is 0. The molecular weight excluding hydrogens is 278 g/mol. The molecule has 3 N–H and O–H groups in total. The lowest BCUT2D eigenvalue weighted by Crippen LogP contribution is -2.28. The monoisotopic (exact) mass is 301 g/mol. The number of carbonyl (C=O) groups is 1. The van der Waals surface area contributed by atoms with Gasteiger partial charge < -0.3 is 20.3 Å². The first-order chi connectivity index (χ1) is 10.6. The fourth-order valence-corrected chi connectivity index (χ4v) is 2.24. The highest BCUT2D eigenvalue weighted by molar-refractivity contribution is 5.92. The standard InChI is InChI=1S/C17H23N3O2/c1-20(2)17(22)16-9-8-14(19-16)11-18-12-15(21)10-13-6-4-3-5-7-13/h3-9,15,18-19,21H,10-12H2,1-2H3. The maximum atomic E-state index is 11.8. The van der Waals surface area contributed by atoms with Crippen molar-refractivity contribution in [2.24, 2.45) is 0 Å². The molecule has 2 rings (SSSR count). The molecule has 0 bridgehead atoms. The SMILES string of the molecule is CN(C)C(=O)c1ccc(CNCC(O)Cc2ccccc2)[nH]1. The summed E-state index contributed by atoms with van der Waals surface area (Å²) in [6.45, 7) is 1.09. The van der Waals surface area contributed by atoms with Gasteiger partial charge in [-0.25, -0.2) is 0 Å². The van der Waals surface area contributed by atoms with Gasteiger partial charge in [0, 0.05) is 32.9 Å². The van der Waals surface area contributed by atoms with Crippen LogP contribution in [0.15, 0.2) is 42.5 Å². The fraction of sp³-hybridized carbons (Fsp3) is 0.353. The molecule has 1 amide bonds. The van der Waals surface area contributed by atoms with Crippen molar-refractivity contribution in [2.45, 2.75) is 19.1 Å². The predicted molar refractivity (Wildman–Crippen MR) is 86.7 cm³/mol. The van der Waals surface area contributed by atoms with Crippen molar-refractivity contribution in [3.8, 4) is 0 Å². The lowest BCUT2D eigenvalue weighted by atomic mass is 10.1. The zero-order chi connectivity index (χ0) is 15.9. The predicted octanol–water partition coefficient (Wildman–Crippen LogP) is 1.41. The first-order valence-corrected chi connectivity index (χ1v) is 7.38. The van der Waals surface area contributed by atoms with Crippen LogP contribution in [-0.4, -0.2) is 47.6 Å². The minimum atomic E-state index is -0.430. The van der Waals surface area contributed by atoms with Gasteiger partial charge in [0.05, 0.1) is 6.10 Å². The second kappa shape index (κ2) is 7.77. The summed E-state index contributed by atoms with van der Waals surface area (Å²) in [5, 5.41) is 13.2. The molecule has 22 heavy (non-hydrogen) atoms. The van der Waals surface area contributed by atoms with Crippen molar-refractivity contribution >= 4 is 5.91 Å². The minimum absolute atomic E-state index is 0.0460. The lowest BCUT2D eigenvalue weighted by Gasteiger charge is -2.11. The van der Waals surface area contributed by atoms with Gasteiger partial charge in [-0.15, -0.1) is 0 Å². The van der Waals surface area contributed by atoms with E-state index in [0.29, 0.717) is 25.2 Å². The molecule has 0 spiro atoms. The van der Waals surface area contributed by atoms with Crippen LogP contribution >= 0.6 is 0 Å². The molecule has 118 valence electrons. The molecule has 0 fully saturated rings. The molecule has 1 heterocycles. The molecule has 1 unspecified atom stereocenters. The Balaban J connectivity index is 1.75. The quantitative estimate of drug-likeness (QED) is 0.724. The molecular formula is C17H23N3O2. The smallest absolute Gasteiger partial charge is 0.269 e. The minimum Gasteiger partial charge on any atom is -0.391 e. The number of nitrogens with zero attached hydrogens (tertiary/aromatic N) is 1. The Kier molecular flexibility index (Phi) is 5.75. The Labute approximate surface area is 131 Å².